The number of carbonyl (C=O) groups excluding carboxylic acids is 2. The quantitative estimate of drug-likeness (QED) is 0.280. The van der Waals surface area contributed by atoms with E-state index in [-0.39, 0.29) is 28.6 Å². The number of unbranched alkanes of at least 4 members (excludes halogenated alkanes) is 2. The van der Waals surface area contributed by atoms with Gasteiger partial charge in [-0.1, -0.05) is 6.42 Å². The van der Waals surface area contributed by atoms with Crippen LogP contribution >= 0.6 is 0 Å². The fourth-order valence-electron chi connectivity index (χ4n) is 3.84. The second kappa shape index (κ2) is 12.5. The Labute approximate surface area is 227 Å². The van der Waals surface area contributed by atoms with E-state index < -0.39 is 33.4 Å². The van der Waals surface area contributed by atoms with Crippen LogP contribution in [0.1, 0.15) is 62.9 Å². The number of anilines is 1. The highest BCUT2D eigenvalue weighted by molar-refractivity contribution is 7.92. The zero-order chi connectivity index (χ0) is 28.8. The third-order valence-corrected chi connectivity index (χ3v) is 7.01. The number of sulfonamides is 1. The van der Waals surface area contributed by atoms with Crippen LogP contribution in [0.4, 0.5) is 15.0 Å². The molecule has 0 bridgehead atoms. The van der Waals surface area contributed by atoms with Crippen molar-refractivity contribution in [1.82, 2.24) is 15.6 Å². The average molecular weight is 563 g/mol. The zero-order valence-corrected chi connectivity index (χ0v) is 23.6. The standard InChI is InChI=1S/C27H35FN4O6S/c1-6-39(35,36)32-23-18(10-8-7-9-15-30-26(34)38-27(2,3)4)16-20-21(24(33)29-5)22(37-25(20)31-23)17-11-13-19(28)14-12-17/h11-14,16H,6-10,15H2,1-5H3,(H,29,33)(H,30,34)(H,31,32). The lowest BCUT2D eigenvalue weighted by molar-refractivity contribution is 0.0526. The summed E-state index contributed by atoms with van der Waals surface area (Å²) in [6, 6.07) is 7.20. The number of aryl methyl sites for hydroxylation is 1. The molecule has 0 fully saturated rings. The first-order valence-corrected chi connectivity index (χ1v) is 14.4. The fourth-order valence-corrected chi connectivity index (χ4v) is 4.46. The Morgan fingerprint density at radius 1 is 1.10 bits per heavy atom. The zero-order valence-electron chi connectivity index (χ0n) is 22.8. The van der Waals surface area contributed by atoms with Gasteiger partial charge < -0.3 is 19.8 Å². The van der Waals surface area contributed by atoms with E-state index in [1.165, 1.54) is 38.2 Å². The number of ether oxygens (including phenoxy) is 1. The van der Waals surface area contributed by atoms with E-state index in [1.54, 1.807) is 26.8 Å². The molecule has 1 aromatic carbocycles. The van der Waals surface area contributed by atoms with Gasteiger partial charge in [0.25, 0.3) is 5.91 Å². The van der Waals surface area contributed by atoms with Crippen LogP contribution < -0.4 is 15.4 Å². The summed E-state index contributed by atoms with van der Waals surface area (Å²) in [5.41, 5.74) is 0.792. The molecule has 2 heterocycles. The molecule has 0 spiro atoms. The second-order valence-electron chi connectivity index (χ2n) is 9.99. The number of nitrogens with one attached hydrogen (secondary N) is 3. The summed E-state index contributed by atoms with van der Waals surface area (Å²) in [6.45, 7) is 7.33. The van der Waals surface area contributed by atoms with Crippen LogP contribution in [0.3, 0.4) is 0 Å². The molecule has 212 valence electrons. The maximum atomic E-state index is 13.5. The van der Waals surface area contributed by atoms with Crippen LogP contribution in [0.25, 0.3) is 22.4 Å². The SMILES string of the molecule is CCS(=O)(=O)Nc1nc2oc(-c3ccc(F)cc3)c(C(=O)NC)c2cc1CCCCCNC(=O)OC(C)(C)C. The Kier molecular flexibility index (Phi) is 9.54. The van der Waals surface area contributed by atoms with E-state index in [1.807, 2.05) is 0 Å². The summed E-state index contributed by atoms with van der Waals surface area (Å²) in [4.78, 5) is 29.1. The first-order valence-electron chi connectivity index (χ1n) is 12.8. The monoisotopic (exact) mass is 562 g/mol. The first kappa shape index (κ1) is 29.9. The Morgan fingerprint density at radius 2 is 1.79 bits per heavy atom. The van der Waals surface area contributed by atoms with E-state index in [9.17, 15) is 22.4 Å². The van der Waals surface area contributed by atoms with Crippen molar-refractivity contribution in [3.8, 4) is 11.3 Å². The van der Waals surface area contributed by atoms with Crippen LogP contribution in [0, 0.1) is 5.82 Å². The van der Waals surface area contributed by atoms with Gasteiger partial charge in [0.15, 0.2) is 0 Å². The molecule has 3 rings (SSSR count). The van der Waals surface area contributed by atoms with E-state index in [0.717, 1.165) is 6.42 Å². The number of hydrogen-bond acceptors (Lipinski definition) is 7. The number of pyridine rings is 1. The van der Waals surface area contributed by atoms with Crippen LogP contribution in [-0.2, 0) is 21.2 Å². The molecule has 2 amide bonds. The number of furan rings is 1. The molecule has 3 N–H and O–H groups in total. The molecular formula is C27H35FN4O6S. The van der Waals surface area contributed by atoms with Gasteiger partial charge in [-0.15, -0.1) is 0 Å². The predicted octanol–water partition coefficient (Wildman–Crippen LogP) is 4.99. The smallest absolute Gasteiger partial charge is 0.407 e. The van der Waals surface area contributed by atoms with Gasteiger partial charge in [0.2, 0.25) is 15.7 Å². The molecule has 39 heavy (non-hydrogen) atoms. The van der Waals surface area contributed by atoms with Gasteiger partial charge in [0.05, 0.1) is 16.7 Å². The van der Waals surface area contributed by atoms with Gasteiger partial charge in [0.1, 0.15) is 23.0 Å². The molecule has 0 aliphatic carbocycles. The maximum absolute atomic E-state index is 13.5. The number of fused-ring (bicyclic) bond motifs is 1. The number of rotatable bonds is 11. The van der Waals surface area contributed by atoms with Crippen LogP contribution in [0.15, 0.2) is 34.7 Å². The average Bonchev–Trinajstić information content (AvgIpc) is 3.22. The highest BCUT2D eigenvalue weighted by Crippen LogP contribution is 2.35. The molecular weight excluding hydrogens is 527 g/mol. The second-order valence-corrected chi connectivity index (χ2v) is 12.0. The normalized spacial score (nSPS) is 11.8. The highest BCUT2D eigenvalue weighted by atomic mass is 32.2. The lowest BCUT2D eigenvalue weighted by atomic mass is 10.0. The van der Waals surface area contributed by atoms with Crippen molar-refractivity contribution >= 4 is 38.9 Å². The van der Waals surface area contributed by atoms with Crippen LogP contribution in [0.2, 0.25) is 0 Å². The van der Waals surface area contributed by atoms with Gasteiger partial charge in [-0.3, -0.25) is 9.52 Å². The van der Waals surface area contributed by atoms with Crippen LogP contribution in [-0.4, -0.2) is 50.3 Å². The lowest BCUT2D eigenvalue weighted by Crippen LogP contribution is -2.32. The van der Waals surface area contributed by atoms with Crippen molar-refractivity contribution in [3.05, 3.63) is 47.3 Å². The van der Waals surface area contributed by atoms with Crippen molar-refractivity contribution < 1.29 is 31.6 Å². The molecule has 12 heteroatoms. The summed E-state index contributed by atoms with van der Waals surface area (Å²) in [6.07, 6.45) is 2.08. The molecule has 2 aromatic heterocycles. The lowest BCUT2D eigenvalue weighted by Gasteiger charge is -2.19. The van der Waals surface area contributed by atoms with E-state index in [0.29, 0.717) is 42.3 Å². The molecule has 0 atom stereocenters. The Bertz CT molecular complexity index is 1430. The number of halogens is 1. The first-order chi connectivity index (χ1) is 18.3. The van der Waals surface area contributed by atoms with E-state index in [4.69, 9.17) is 9.15 Å². The fraction of sp³-hybridized carbons (Fsp3) is 0.444. The van der Waals surface area contributed by atoms with Gasteiger partial charge >= 0.3 is 6.09 Å². The molecule has 0 saturated carbocycles. The van der Waals surface area contributed by atoms with E-state index >= 15 is 0 Å². The maximum Gasteiger partial charge on any atom is 0.407 e. The van der Waals surface area contributed by atoms with Gasteiger partial charge in [0, 0.05) is 19.2 Å². The number of alkyl carbamates (subject to hydrolysis) is 1. The molecule has 0 unspecified atom stereocenters. The Morgan fingerprint density at radius 3 is 2.41 bits per heavy atom. The molecule has 0 radical (unpaired) electrons. The summed E-state index contributed by atoms with van der Waals surface area (Å²) in [7, 11) is -2.16. The van der Waals surface area contributed by atoms with Crippen molar-refractivity contribution in [2.24, 2.45) is 0 Å². The number of carbonyl (C=O) groups is 2. The predicted molar refractivity (Wildman–Crippen MR) is 148 cm³/mol. The summed E-state index contributed by atoms with van der Waals surface area (Å²) >= 11 is 0. The molecule has 0 saturated heterocycles. The van der Waals surface area contributed by atoms with Gasteiger partial charge in [-0.05, 0) is 82.9 Å². The highest BCUT2D eigenvalue weighted by Gasteiger charge is 2.25. The molecule has 10 nitrogen and oxygen atoms in total. The van der Waals surface area contributed by atoms with E-state index in [2.05, 4.69) is 20.3 Å². The number of nitrogens with zero attached hydrogens (tertiary/aromatic N) is 1. The third kappa shape index (κ3) is 8.16. The van der Waals surface area contributed by atoms with Crippen molar-refractivity contribution in [3.63, 3.8) is 0 Å². The van der Waals surface area contributed by atoms with Gasteiger partial charge in [-0.2, -0.15) is 4.98 Å². The minimum absolute atomic E-state index is 0.0760. The number of benzene rings is 1. The van der Waals surface area contributed by atoms with Crippen molar-refractivity contribution in [1.29, 1.82) is 0 Å². The minimum Gasteiger partial charge on any atom is -0.444 e. The summed E-state index contributed by atoms with van der Waals surface area (Å²) in [5, 5.41) is 5.72. The topological polar surface area (TPSA) is 140 Å². The summed E-state index contributed by atoms with van der Waals surface area (Å²) in [5.74, 6) is -0.679. The molecule has 3 aromatic rings. The third-order valence-electron chi connectivity index (χ3n) is 5.75. The van der Waals surface area contributed by atoms with Crippen molar-refractivity contribution in [2.45, 2.75) is 59.0 Å². The largest absolute Gasteiger partial charge is 0.444 e. The number of hydrogen-bond donors (Lipinski definition) is 3. The number of aromatic nitrogens is 1. The van der Waals surface area contributed by atoms with Crippen LogP contribution in [0.5, 0.6) is 0 Å². The van der Waals surface area contributed by atoms with Crippen molar-refractivity contribution in [2.75, 3.05) is 24.1 Å². The van der Waals surface area contributed by atoms with Gasteiger partial charge in [-0.25, -0.2) is 17.6 Å². The molecule has 0 aliphatic rings. The Hall–Kier alpha value is -3.67. The Balaban J connectivity index is 1.88. The summed E-state index contributed by atoms with van der Waals surface area (Å²) < 4.78 is 51.9. The minimum atomic E-state index is -3.65. The number of amides is 2. The molecule has 0 aliphatic heterocycles.